The van der Waals surface area contributed by atoms with Crippen LogP contribution in [0.3, 0.4) is 0 Å². The third-order valence-corrected chi connectivity index (χ3v) is 4.51. The molecule has 0 aliphatic rings. The summed E-state index contributed by atoms with van der Waals surface area (Å²) in [5, 5.41) is 2.69. The molecule has 0 saturated heterocycles. The van der Waals surface area contributed by atoms with Crippen molar-refractivity contribution >= 4 is 39.1 Å². The maximum absolute atomic E-state index is 5.98. The van der Waals surface area contributed by atoms with Gasteiger partial charge in [-0.05, 0) is 36.5 Å². The zero-order valence-corrected chi connectivity index (χ0v) is 14.1. The van der Waals surface area contributed by atoms with Crippen molar-refractivity contribution in [3.63, 3.8) is 0 Å². The van der Waals surface area contributed by atoms with E-state index < -0.39 is 0 Å². The Morgan fingerprint density at radius 2 is 1.25 bits per heavy atom. The van der Waals surface area contributed by atoms with E-state index in [4.69, 9.17) is 17.0 Å². The molecule has 0 unspecified atom stereocenters. The van der Waals surface area contributed by atoms with E-state index in [9.17, 15) is 0 Å². The van der Waals surface area contributed by atoms with Crippen LogP contribution >= 0.6 is 12.2 Å². The Morgan fingerprint density at radius 3 is 1.83 bits per heavy atom. The van der Waals surface area contributed by atoms with E-state index in [1.807, 2.05) is 54.6 Å². The van der Waals surface area contributed by atoms with Crippen molar-refractivity contribution in [2.45, 2.75) is 0 Å². The number of rotatable bonds is 2. The van der Waals surface area contributed by atoms with E-state index >= 15 is 0 Å². The Hall–Kier alpha value is -2.78. The number of aromatic nitrogens is 1. The molecule has 0 amide bonds. The summed E-state index contributed by atoms with van der Waals surface area (Å²) in [5.74, 6) is 0.754. The van der Waals surface area contributed by atoms with E-state index in [2.05, 4.69) is 35.9 Å². The molecule has 2 nitrogen and oxygen atoms in total. The number of nitrogens with zero attached hydrogens (tertiary/aromatic N) is 1. The molecule has 0 saturated carbocycles. The number of para-hydroxylation sites is 3. The summed E-state index contributed by atoms with van der Waals surface area (Å²) in [6, 6.07) is 26.2. The molecule has 4 aromatic rings. The van der Waals surface area contributed by atoms with Crippen molar-refractivity contribution in [1.82, 2.24) is 0 Å². The van der Waals surface area contributed by atoms with Gasteiger partial charge in [0.2, 0.25) is 11.0 Å². The number of fused-ring (bicyclic) bond motifs is 2. The van der Waals surface area contributed by atoms with Gasteiger partial charge in [-0.1, -0.05) is 42.5 Å². The van der Waals surface area contributed by atoms with Gasteiger partial charge in [0.25, 0.3) is 0 Å². The van der Waals surface area contributed by atoms with E-state index in [-0.39, 0.29) is 0 Å². The van der Waals surface area contributed by atoms with Crippen LogP contribution in [-0.2, 0) is 7.05 Å². The van der Waals surface area contributed by atoms with Crippen LogP contribution in [0.1, 0.15) is 5.56 Å². The highest BCUT2D eigenvalue weighted by Gasteiger charge is 2.20. The lowest BCUT2D eigenvalue weighted by Gasteiger charge is -2.12. The summed E-state index contributed by atoms with van der Waals surface area (Å²) < 4.78 is 8.17. The highest BCUT2D eigenvalue weighted by Crippen LogP contribution is 2.26. The number of benzene rings is 3. The summed E-state index contributed by atoms with van der Waals surface area (Å²) in [6.45, 7) is 0. The molecule has 116 valence electrons. The van der Waals surface area contributed by atoms with E-state index in [0.29, 0.717) is 5.05 Å². The molecule has 0 radical (unpaired) electrons. The first-order valence-electron chi connectivity index (χ1n) is 7.82. The minimum absolute atomic E-state index is 0.495. The monoisotopic (exact) mass is 330 g/mol. The fraction of sp³-hybridized carbons (Fsp3) is 0.0476. The number of aryl methyl sites for hydroxylation is 1. The molecule has 0 fully saturated rings. The Morgan fingerprint density at radius 1 is 0.750 bits per heavy atom. The fourth-order valence-corrected chi connectivity index (χ4v) is 3.41. The number of ether oxygens (including phenoxy) is 1. The lowest BCUT2D eigenvalue weighted by atomic mass is 10.0. The molecule has 0 aliphatic carbocycles. The van der Waals surface area contributed by atoms with Crippen molar-refractivity contribution in [3.05, 3.63) is 84.4 Å². The molecule has 4 rings (SSSR count). The van der Waals surface area contributed by atoms with Gasteiger partial charge in [-0.2, -0.15) is 4.57 Å². The molecule has 3 heteroatoms. The predicted octanol–water partition coefficient (Wildman–Crippen LogP) is 4.57. The van der Waals surface area contributed by atoms with Crippen molar-refractivity contribution in [1.29, 1.82) is 0 Å². The van der Waals surface area contributed by atoms with Crippen LogP contribution < -0.4 is 9.30 Å². The Bertz CT molecular complexity index is 1000. The minimum Gasteiger partial charge on any atom is -0.445 e. The lowest BCUT2D eigenvalue weighted by molar-refractivity contribution is -0.617. The molecule has 3 aromatic carbocycles. The molecule has 0 bridgehead atoms. The SMILES string of the molecule is C[n+]1c2ccccc2c(C(=S)Oc2ccccc2)c2ccccc21. The molecule has 0 N–H and O–H groups in total. The number of hydrogen-bond donors (Lipinski definition) is 0. The third-order valence-electron chi connectivity index (χ3n) is 4.23. The maximum Gasteiger partial charge on any atom is 0.213 e. The number of thiocarbonyl (C=S) groups is 1. The van der Waals surface area contributed by atoms with Gasteiger partial charge in [-0.3, -0.25) is 0 Å². The van der Waals surface area contributed by atoms with Gasteiger partial charge in [0, 0.05) is 12.1 Å². The van der Waals surface area contributed by atoms with E-state index in [1.54, 1.807) is 0 Å². The second kappa shape index (κ2) is 6.02. The van der Waals surface area contributed by atoms with Gasteiger partial charge in [0.15, 0.2) is 5.05 Å². The molecule has 1 aromatic heterocycles. The minimum atomic E-state index is 0.495. The second-order valence-electron chi connectivity index (χ2n) is 5.67. The highest BCUT2D eigenvalue weighted by molar-refractivity contribution is 7.80. The first-order chi connectivity index (χ1) is 11.8. The quantitative estimate of drug-likeness (QED) is 0.303. The standard InChI is InChI=1S/C21H16NOS/c1-22-18-13-7-5-11-16(18)20(17-12-6-8-14-19(17)22)21(24)23-15-9-3-2-4-10-15/h2-14H,1H3/q+1. The van der Waals surface area contributed by atoms with Crippen molar-refractivity contribution in [3.8, 4) is 5.75 Å². The number of hydrogen-bond acceptors (Lipinski definition) is 2. The third kappa shape index (κ3) is 2.43. The van der Waals surface area contributed by atoms with Gasteiger partial charge in [-0.15, -0.1) is 0 Å². The topological polar surface area (TPSA) is 13.1 Å². The zero-order valence-electron chi connectivity index (χ0n) is 13.3. The molecule has 24 heavy (non-hydrogen) atoms. The Balaban J connectivity index is 1.98. The predicted molar refractivity (Wildman–Crippen MR) is 101 cm³/mol. The van der Waals surface area contributed by atoms with Crippen LogP contribution in [0.25, 0.3) is 21.8 Å². The molecule has 0 aliphatic heterocycles. The average Bonchev–Trinajstić information content (AvgIpc) is 2.63. The first kappa shape index (κ1) is 14.8. The second-order valence-corrected chi connectivity index (χ2v) is 6.04. The smallest absolute Gasteiger partial charge is 0.213 e. The molecule has 0 spiro atoms. The molecular formula is C21H16NOS+. The summed E-state index contributed by atoms with van der Waals surface area (Å²) in [5.41, 5.74) is 3.23. The summed E-state index contributed by atoms with van der Waals surface area (Å²) in [7, 11) is 2.08. The van der Waals surface area contributed by atoms with Gasteiger partial charge in [-0.25, -0.2) is 0 Å². The van der Waals surface area contributed by atoms with Crippen LogP contribution in [0.15, 0.2) is 78.9 Å². The molecule has 1 heterocycles. The Labute approximate surface area is 145 Å². The average molecular weight is 330 g/mol. The molecular weight excluding hydrogens is 314 g/mol. The zero-order chi connectivity index (χ0) is 16.5. The van der Waals surface area contributed by atoms with Crippen molar-refractivity contribution < 1.29 is 9.30 Å². The van der Waals surface area contributed by atoms with Gasteiger partial charge >= 0.3 is 0 Å². The van der Waals surface area contributed by atoms with E-state index in [1.165, 1.54) is 0 Å². The van der Waals surface area contributed by atoms with Crippen molar-refractivity contribution in [2.75, 3.05) is 0 Å². The molecule has 0 atom stereocenters. The highest BCUT2D eigenvalue weighted by atomic mass is 32.1. The van der Waals surface area contributed by atoms with Crippen molar-refractivity contribution in [2.24, 2.45) is 7.05 Å². The largest absolute Gasteiger partial charge is 0.445 e. The van der Waals surface area contributed by atoms with Crippen LogP contribution in [0.4, 0.5) is 0 Å². The van der Waals surface area contributed by atoms with Crippen LogP contribution in [0.2, 0.25) is 0 Å². The summed E-state index contributed by atoms with van der Waals surface area (Å²) >= 11 is 5.67. The van der Waals surface area contributed by atoms with Gasteiger partial charge in [0.05, 0.1) is 16.3 Å². The van der Waals surface area contributed by atoms with Crippen LogP contribution in [0, 0.1) is 0 Å². The van der Waals surface area contributed by atoms with Gasteiger partial charge in [0.1, 0.15) is 12.8 Å². The fourth-order valence-electron chi connectivity index (χ4n) is 3.10. The maximum atomic E-state index is 5.98. The number of pyridine rings is 1. The van der Waals surface area contributed by atoms with Crippen LogP contribution in [0.5, 0.6) is 5.75 Å². The van der Waals surface area contributed by atoms with Crippen LogP contribution in [-0.4, -0.2) is 5.05 Å². The van der Waals surface area contributed by atoms with E-state index in [0.717, 1.165) is 33.1 Å². The normalized spacial score (nSPS) is 10.9. The van der Waals surface area contributed by atoms with Gasteiger partial charge < -0.3 is 4.74 Å². The Kier molecular flexibility index (Phi) is 3.71. The summed E-state index contributed by atoms with van der Waals surface area (Å²) in [4.78, 5) is 0. The first-order valence-corrected chi connectivity index (χ1v) is 8.23. The lowest BCUT2D eigenvalue weighted by Crippen LogP contribution is -2.31. The summed E-state index contributed by atoms with van der Waals surface area (Å²) in [6.07, 6.45) is 0.